The van der Waals surface area contributed by atoms with Crippen LogP contribution in [0.3, 0.4) is 0 Å². The molecule has 1 aromatic carbocycles. The first-order valence-corrected chi connectivity index (χ1v) is 6.11. The molecule has 0 unspecified atom stereocenters. The van der Waals surface area contributed by atoms with Gasteiger partial charge >= 0.3 is 0 Å². The van der Waals surface area contributed by atoms with Gasteiger partial charge in [0, 0.05) is 24.4 Å². The molecule has 0 aliphatic heterocycles. The second kappa shape index (κ2) is 5.65. The van der Waals surface area contributed by atoms with Gasteiger partial charge in [-0.3, -0.25) is 0 Å². The molecule has 0 amide bonds. The van der Waals surface area contributed by atoms with Crippen LogP contribution in [0.15, 0.2) is 24.4 Å². The van der Waals surface area contributed by atoms with Crippen molar-refractivity contribution in [2.24, 2.45) is 0 Å². The topological polar surface area (TPSA) is 47.0 Å². The number of nitrogens with one attached hydrogen (secondary N) is 1. The minimum atomic E-state index is -0.295. The first-order chi connectivity index (χ1) is 9.10. The Balaban J connectivity index is 2.26. The molecule has 1 heterocycles. The fraction of sp³-hybridized carbons (Fsp3) is 0.286. The largest absolute Gasteiger partial charge is 0.438 e. The highest BCUT2D eigenvalue weighted by Gasteiger charge is 2.07. The quantitative estimate of drug-likeness (QED) is 0.915. The summed E-state index contributed by atoms with van der Waals surface area (Å²) in [5, 5.41) is 3.01. The van der Waals surface area contributed by atoms with Crippen molar-refractivity contribution in [2.45, 2.75) is 20.8 Å². The molecule has 19 heavy (non-hydrogen) atoms. The standard InChI is InChI=1S/C14H16FN3O/c1-4-16-14-17-8-10(3)13(18-14)19-11-6-5-9(2)12(15)7-11/h5-8H,4H2,1-3H3,(H,16,17,18). The Bertz CT molecular complexity index is 587. The van der Waals surface area contributed by atoms with E-state index in [0.717, 1.165) is 12.1 Å². The lowest BCUT2D eigenvalue weighted by atomic mass is 10.2. The fourth-order valence-corrected chi connectivity index (χ4v) is 1.52. The molecule has 1 N–H and O–H groups in total. The maximum absolute atomic E-state index is 13.5. The summed E-state index contributed by atoms with van der Waals surface area (Å²) in [7, 11) is 0. The maximum atomic E-state index is 13.5. The first kappa shape index (κ1) is 13.3. The van der Waals surface area contributed by atoms with Gasteiger partial charge in [0.1, 0.15) is 11.6 Å². The highest BCUT2D eigenvalue weighted by Crippen LogP contribution is 2.24. The Labute approximate surface area is 111 Å². The highest BCUT2D eigenvalue weighted by molar-refractivity contribution is 5.37. The highest BCUT2D eigenvalue weighted by atomic mass is 19.1. The summed E-state index contributed by atoms with van der Waals surface area (Å²) in [5.41, 5.74) is 1.38. The molecule has 2 aromatic rings. The van der Waals surface area contributed by atoms with Gasteiger partial charge in [-0.05, 0) is 32.4 Å². The fourth-order valence-electron chi connectivity index (χ4n) is 1.52. The van der Waals surface area contributed by atoms with Gasteiger partial charge in [0.15, 0.2) is 0 Å². The third kappa shape index (κ3) is 3.19. The van der Waals surface area contributed by atoms with E-state index in [0.29, 0.717) is 23.1 Å². The van der Waals surface area contributed by atoms with Crippen LogP contribution in [0.5, 0.6) is 11.6 Å². The molecule has 0 aliphatic rings. The van der Waals surface area contributed by atoms with Crippen molar-refractivity contribution >= 4 is 5.95 Å². The number of rotatable bonds is 4. The molecule has 0 atom stereocenters. The Morgan fingerprint density at radius 3 is 2.74 bits per heavy atom. The average molecular weight is 261 g/mol. The van der Waals surface area contributed by atoms with Gasteiger partial charge in [-0.15, -0.1) is 0 Å². The van der Waals surface area contributed by atoms with Gasteiger partial charge in [0.05, 0.1) is 0 Å². The number of anilines is 1. The number of ether oxygens (including phenoxy) is 1. The van der Waals surface area contributed by atoms with Gasteiger partial charge in [-0.25, -0.2) is 9.37 Å². The number of halogens is 1. The minimum absolute atomic E-state index is 0.295. The van der Waals surface area contributed by atoms with E-state index in [1.54, 1.807) is 25.3 Å². The molecule has 100 valence electrons. The first-order valence-electron chi connectivity index (χ1n) is 6.11. The lowest BCUT2D eigenvalue weighted by Crippen LogP contribution is -2.03. The van der Waals surface area contributed by atoms with Gasteiger partial charge in [0.25, 0.3) is 0 Å². The van der Waals surface area contributed by atoms with E-state index in [1.807, 2.05) is 13.8 Å². The van der Waals surface area contributed by atoms with E-state index in [9.17, 15) is 4.39 Å². The van der Waals surface area contributed by atoms with Crippen LogP contribution in [-0.2, 0) is 0 Å². The summed E-state index contributed by atoms with van der Waals surface area (Å²) in [6, 6.07) is 4.74. The van der Waals surface area contributed by atoms with E-state index in [-0.39, 0.29) is 5.82 Å². The smallest absolute Gasteiger partial charge is 0.226 e. The minimum Gasteiger partial charge on any atom is -0.438 e. The number of hydrogen-bond acceptors (Lipinski definition) is 4. The molecular weight excluding hydrogens is 245 g/mol. The maximum Gasteiger partial charge on any atom is 0.226 e. The molecule has 0 fully saturated rings. The average Bonchev–Trinajstić information content (AvgIpc) is 2.38. The van der Waals surface area contributed by atoms with Crippen molar-refractivity contribution in [1.82, 2.24) is 9.97 Å². The van der Waals surface area contributed by atoms with Crippen LogP contribution in [0.25, 0.3) is 0 Å². The number of aromatic nitrogens is 2. The Hall–Kier alpha value is -2.17. The molecular formula is C14H16FN3O. The Morgan fingerprint density at radius 1 is 1.26 bits per heavy atom. The van der Waals surface area contributed by atoms with Crippen LogP contribution >= 0.6 is 0 Å². The van der Waals surface area contributed by atoms with E-state index in [4.69, 9.17) is 4.74 Å². The molecule has 0 aliphatic carbocycles. The number of hydrogen-bond donors (Lipinski definition) is 1. The van der Waals surface area contributed by atoms with Gasteiger partial charge in [-0.1, -0.05) is 6.07 Å². The van der Waals surface area contributed by atoms with Crippen molar-refractivity contribution in [3.63, 3.8) is 0 Å². The summed E-state index contributed by atoms with van der Waals surface area (Å²) in [4.78, 5) is 8.37. The van der Waals surface area contributed by atoms with Crippen molar-refractivity contribution in [3.8, 4) is 11.6 Å². The third-order valence-corrected chi connectivity index (χ3v) is 2.62. The van der Waals surface area contributed by atoms with Gasteiger partial charge in [0.2, 0.25) is 11.8 Å². The zero-order valence-corrected chi connectivity index (χ0v) is 11.2. The molecule has 0 radical (unpaired) electrons. The van der Waals surface area contributed by atoms with E-state index < -0.39 is 0 Å². The van der Waals surface area contributed by atoms with Crippen molar-refractivity contribution < 1.29 is 9.13 Å². The molecule has 4 nitrogen and oxygen atoms in total. The monoisotopic (exact) mass is 261 g/mol. The Morgan fingerprint density at radius 2 is 2.05 bits per heavy atom. The van der Waals surface area contributed by atoms with Gasteiger partial charge < -0.3 is 10.1 Å². The molecule has 0 bridgehead atoms. The Kier molecular flexibility index (Phi) is 3.94. The number of aryl methyl sites for hydroxylation is 2. The molecule has 1 aromatic heterocycles. The summed E-state index contributed by atoms with van der Waals surface area (Å²) in [6.07, 6.45) is 1.67. The van der Waals surface area contributed by atoms with E-state index >= 15 is 0 Å². The lowest BCUT2D eigenvalue weighted by Gasteiger charge is -2.09. The lowest BCUT2D eigenvalue weighted by molar-refractivity contribution is 0.453. The predicted octanol–water partition coefficient (Wildman–Crippen LogP) is 3.46. The normalized spacial score (nSPS) is 10.3. The number of benzene rings is 1. The van der Waals surface area contributed by atoms with E-state index in [2.05, 4.69) is 15.3 Å². The predicted molar refractivity (Wildman–Crippen MR) is 72.1 cm³/mol. The van der Waals surface area contributed by atoms with Crippen LogP contribution in [0.1, 0.15) is 18.1 Å². The molecule has 0 saturated carbocycles. The van der Waals surface area contributed by atoms with Crippen molar-refractivity contribution in [3.05, 3.63) is 41.3 Å². The van der Waals surface area contributed by atoms with Crippen LogP contribution in [0, 0.1) is 19.7 Å². The second-order valence-corrected chi connectivity index (χ2v) is 4.23. The zero-order chi connectivity index (χ0) is 13.8. The van der Waals surface area contributed by atoms with Gasteiger partial charge in [-0.2, -0.15) is 4.98 Å². The molecule has 5 heteroatoms. The van der Waals surface area contributed by atoms with Crippen LogP contribution in [0.4, 0.5) is 10.3 Å². The summed E-state index contributed by atoms with van der Waals surface area (Å²) in [6.45, 7) is 6.23. The SMILES string of the molecule is CCNc1ncc(C)c(Oc2ccc(C)c(F)c2)n1. The summed E-state index contributed by atoms with van der Waals surface area (Å²) in [5.74, 6) is 1.05. The van der Waals surface area contributed by atoms with E-state index in [1.165, 1.54) is 6.07 Å². The molecule has 0 saturated heterocycles. The summed E-state index contributed by atoms with van der Waals surface area (Å²) < 4.78 is 19.1. The molecule has 2 rings (SSSR count). The van der Waals surface area contributed by atoms with Crippen LogP contribution in [0.2, 0.25) is 0 Å². The molecule has 0 spiro atoms. The summed E-state index contributed by atoms with van der Waals surface area (Å²) >= 11 is 0. The number of nitrogens with zero attached hydrogens (tertiary/aromatic N) is 2. The third-order valence-electron chi connectivity index (χ3n) is 2.62. The van der Waals surface area contributed by atoms with Crippen molar-refractivity contribution in [2.75, 3.05) is 11.9 Å². The zero-order valence-electron chi connectivity index (χ0n) is 11.2. The van der Waals surface area contributed by atoms with Crippen LogP contribution < -0.4 is 10.1 Å². The van der Waals surface area contributed by atoms with Crippen molar-refractivity contribution in [1.29, 1.82) is 0 Å². The van der Waals surface area contributed by atoms with Crippen LogP contribution in [-0.4, -0.2) is 16.5 Å². The second-order valence-electron chi connectivity index (χ2n) is 4.23.